The normalized spacial score (nSPS) is 10.4. The highest BCUT2D eigenvalue weighted by molar-refractivity contribution is 5.54. The zero-order chi connectivity index (χ0) is 11.4. The van der Waals surface area contributed by atoms with Crippen molar-refractivity contribution in [3.63, 3.8) is 0 Å². The third-order valence-electron chi connectivity index (χ3n) is 2.28. The molecule has 0 unspecified atom stereocenters. The number of ether oxygens (including phenoxy) is 1. The fourth-order valence-electron chi connectivity index (χ4n) is 1.43. The fraction of sp³-hybridized carbons (Fsp3) is 0.333. The van der Waals surface area contributed by atoms with E-state index in [-0.39, 0.29) is 0 Å². The lowest BCUT2D eigenvalue weighted by Gasteiger charge is -1.98. The average Bonchev–Trinajstić information content (AvgIpc) is 2.78. The number of methoxy groups -OCH3 is 1. The van der Waals surface area contributed by atoms with Crippen molar-refractivity contribution in [1.82, 2.24) is 10.1 Å². The Bertz CT molecular complexity index is 448. The van der Waals surface area contributed by atoms with Gasteiger partial charge in [0.2, 0.25) is 0 Å². The molecule has 0 spiro atoms. The van der Waals surface area contributed by atoms with Crippen LogP contribution in [0.2, 0.25) is 0 Å². The van der Waals surface area contributed by atoms with E-state index in [0.29, 0.717) is 5.89 Å². The quantitative estimate of drug-likeness (QED) is 0.791. The van der Waals surface area contributed by atoms with Crippen molar-refractivity contribution in [3.05, 3.63) is 30.1 Å². The van der Waals surface area contributed by atoms with Gasteiger partial charge in [-0.2, -0.15) is 4.98 Å². The monoisotopic (exact) mass is 218 g/mol. The van der Waals surface area contributed by atoms with Crippen LogP contribution in [0, 0.1) is 0 Å². The highest BCUT2D eigenvalue weighted by Crippen LogP contribution is 2.20. The molecule has 0 N–H and O–H groups in total. The van der Waals surface area contributed by atoms with E-state index in [0.717, 1.165) is 30.0 Å². The minimum absolute atomic E-state index is 0.561. The van der Waals surface area contributed by atoms with Crippen LogP contribution in [0.3, 0.4) is 0 Å². The first-order valence-corrected chi connectivity index (χ1v) is 5.30. The summed E-state index contributed by atoms with van der Waals surface area (Å²) < 4.78 is 10.3. The zero-order valence-electron chi connectivity index (χ0n) is 9.43. The smallest absolute Gasteiger partial charge is 0.257 e. The van der Waals surface area contributed by atoms with Crippen LogP contribution in [-0.4, -0.2) is 17.3 Å². The lowest BCUT2D eigenvalue weighted by molar-refractivity contribution is 0.414. The van der Waals surface area contributed by atoms with Gasteiger partial charge in [0.15, 0.2) is 5.82 Å². The van der Waals surface area contributed by atoms with Crippen molar-refractivity contribution in [1.29, 1.82) is 0 Å². The third-order valence-corrected chi connectivity index (χ3v) is 2.28. The number of rotatable bonds is 4. The molecule has 0 saturated carbocycles. The van der Waals surface area contributed by atoms with Gasteiger partial charge in [-0.1, -0.05) is 12.1 Å². The van der Waals surface area contributed by atoms with Gasteiger partial charge in [0, 0.05) is 12.0 Å². The van der Waals surface area contributed by atoms with Crippen molar-refractivity contribution < 1.29 is 9.26 Å². The van der Waals surface area contributed by atoms with Crippen LogP contribution in [0.15, 0.2) is 28.8 Å². The van der Waals surface area contributed by atoms with Crippen LogP contribution >= 0.6 is 0 Å². The van der Waals surface area contributed by atoms with Crippen molar-refractivity contribution in [2.75, 3.05) is 7.11 Å². The maximum Gasteiger partial charge on any atom is 0.257 e. The molecule has 1 aromatic heterocycles. The van der Waals surface area contributed by atoms with Gasteiger partial charge >= 0.3 is 0 Å². The molecule has 0 amide bonds. The van der Waals surface area contributed by atoms with E-state index >= 15 is 0 Å². The molecule has 0 bridgehead atoms. The lowest BCUT2D eigenvalue weighted by atomic mass is 10.2. The van der Waals surface area contributed by atoms with E-state index in [1.54, 1.807) is 7.11 Å². The van der Waals surface area contributed by atoms with E-state index in [4.69, 9.17) is 9.26 Å². The zero-order valence-corrected chi connectivity index (χ0v) is 9.43. The van der Waals surface area contributed by atoms with Gasteiger partial charge in [-0.3, -0.25) is 0 Å². The number of aryl methyl sites for hydroxylation is 1. The Labute approximate surface area is 94.2 Å². The molecule has 0 aliphatic rings. The molecule has 0 aliphatic carbocycles. The van der Waals surface area contributed by atoms with Crippen molar-refractivity contribution in [3.8, 4) is 17.2 Å². The first-order chi connectivity index (χ1) is 7.83. The van der Waals surface area contributed by atoms with Crippen LogP contribution in [0.4, 0.5) is 0 Å². The molecule has 4 heteroatoms. The summed E-state index contributed by atoms with van der Waals surface area (Å²) in [6.07, 6.45) is 1.86. The summed E-state index contributed by atoms with van der Waals surface area (Å²) in [7, 11) is 1.64. The van der Waals surface area contributed by atoms with Gasteiger partial charge in [-0.05, 0) is 30.7 Å². The molecule has 4 nitrogen and oxygen atoms in total. The summed E-state index contributed by atoms with van der Waals surface area (Å²) in [5, 5.41) is 3.91. The predicted octanol–water partition coefficient (Wildman–Crippen LogP) is 2.70. The SMILES string of the molecule is CCCc1noc(-c2ccc(OC)cc2)n1. The Morgan fingerprint density at radius 1 is 1.25 bits per heavy atom. The first kappa shape index (κ1) is 10.7. The van der Waals surface area contributed by atoms with Gasteiger partial charge in [-0.15, -0.1) is 0 Å². The van der Waals surface area contributed by atoms with Crippen LogP contribution < -0.4 is 4.74 Å². The molecule has 0 aliphatic heterocycles. The minimum Gasteiger partial charge on any atom is -0.497 e. The van der Waals surface area contributed by atoms with E-state index in [1.807, 2.05) is 24.3 Å². The van der Waals surface area contributed by atoms with Gasteiger partial charge in [0.25, 0.3) is 5.89 Å². The molecule has 0 atom stereocenters. The van der Waals surface area contributed by atoms with Crippen LogP contribution in [0.25, 0.3) is 11.5 Å². The van der Waals surface area contributed by atoms with Gasteiger partial charge in [0.05, 0.1) is 7.11 Å². The van der Waals surface area contributed by atoms with E-state index in [2.05, 4.69) is 17.1 Å². The molecular weight excluding hydrogens is 204 g/mol. The lowest BCUT2D eigenvalue weighted by Crippen LogP contribution is -1.86. The summed E-state index contributed by atoms with van der Waals surface area (Å²) in [4.78, 5) is 4.31. The van der Waals surface area contributed by atoms with Crippen molar-refractivity contribution >= 4 is 0 Å². The second-order valence-electron chi connectivity index (χ2n) is 3.49. The molecule has 2 rings (SSSR count). The van der Waals surface area contributed by atoms with E-state index < -0.39 is 0 Å². The van der Waals surface area contributed by atoms with Gasteiger partial charge in [-0.25, -0.2) is 0 Å². The summed E-state index contributed by atoms with van der Waals surface area (Å²) >= 11 is 0. The molecule has 0 saturated heterocycles. The summed E-state index contributed by atoms with van der Waals surface area (Å²) in [6, 6.07) is 7.56. The number of benzene rings is 1. The first-order valence-electron chi connectivity index (χ1n) is 5.30. The largest absolute Gasteiger partial charge is 0.497 e. The predicted molar refractivity (Wildman–Crippen MR) is 60.3 cm³/mol. The number of hydrogen-bond acceptors (Lipinski definition) is 4. The fourth-order valence-corrected chi connectivity index (χ4v) is 1.43. The van der Waals surface area contributed by atoms with Gasteiger partial charge in [0.1, 0.15) is 5.75 Å². The van der Waals surface area contributed by atoms with E-state index in [9.17, 15) is 0 Å². The summed E-state index contributed by atoms with van der Waals surface area (Å²) in [5.74, 6) is 2.14. The average molecular weight is 218 g/mol. The Morgan fingerprint density at radius 2 is 2.00 bits per heavy atom. The molecule has 0 fully saturated rings. The molecule has 1 aromatic carbocycles. The Hall–Kier alpha value is -1.84. The van der Waals surface area contributed by atoms with Crippen LogP contribution in [0.5, 0.6) is 5.75 Å². The highest BCUT2D eigenvalue weighted by atomic mass is 16.5. The van der Waals surface area contributed by atoms with E-state index in [1.165, 1.54) is 0 Å². The maximum atomic E-state index is 5.17. The summed E-state index contributed by atoms with van der Waals surface area (Å²) in [5.41, 5.74) is 0.913. The second kappa shape index (κ2) is 4.79. The maximum absolute atomic E-state index is 5.17. The second-order valence-corrected chi connectivity index (χ2v) is 3.49. The molecule has 2 aromatic rings. The Kier molecular flexibility index (Phi) is 3.19. The Morgan fingerprint density at radius 3 is 2.62 bits per heavy atom. The molecule has 1 heterocycles. The van der Waals surface area contributed by atoms with Gasteiger partial charge < -0.3 is 9.26 Å². The number of nitrogens with zero attached hydrogens (tertiary/aromatic N) is 2. The minimum atomic E-state index is 0.561. The standard InChI is InChI=1S/C12H14N2O2/c1-3-4-11-13-12(16-14-11)9-5-7-10(15-2)8-6-9/h5-8H,3-4H2,1-2H3. The number of hydrogen-bond donors (Lipinski definition) is 0. The topological polar surface area (TPSA) is 48.2 Å². The van der Waals surface area contributed by atoms with Crippen LogP contribution in [0.1, 0.15) is 19.2 Å². The summed E-state index contributed by atoms with van der Waals surface area (Å²) in [6.45, 7) is 2.09. The molecule has 84 valence electrons. The third kappa shape index (κ3) is 2.21. The number of aromatic nitrogens is 2. The van der Waals surface area contributed by atoms with Crippen molar-refractivity contribution in [2.45, 2.75) is 19.8 Å². The Balaban J connectivity index is 2.21. The van der Waals surface area contributed by atoms with Crippen molar-refractivity contribution in [2.24, 2.45) is 0 Å². The molecular formula is C12H14N2O2. The molecule has 16 heavy (non-hydrogen) atoms. The molecule has 0 radical (unpaired) electrons. The highest BCUT2D eigenvalue weighted by Gasteiger charge is 2.07. The van der Waals surface area contributed by atoms with Crippen LogP contribution in [-0.2, 0) is 6.42 Å².